The number of aryl methyl sites for hydroxylation is 1. The lowest BCUT2D eigenvalue weighted by atomic mass is 9.89. The summed E-state index contributed by atoms with van der Waals surface area (Å²) in [5.41, 5.74) is 0.714. The molecule has 0 saturated carbocycles. The van der Waals surface area contributed by atoms with Crippen LogP contribution >= 0.6 is 11.3 Å². The van der Waals surface area contributed by atoms with Crippen LogP contribution in [0.1, 0.15) is 36.8 Å². The van der Waals surface area contributed by atoms with Crippen molar-refractivity contribution < 1.29 is 9.90 Å². The molecule has 7 heteroatoms. The van der Waals surface area contributed by atoms with Crippen LogP contribution in [0.4, 0.5) is 0 Å². The second kappa shape index (κ2) is 4.66. The largest absolute Gasteiger partial charge is 0.480 e. The molecular formula is C13H15N3O3S. The summed E-state index contributed by atoms with van der Waals surface area (Å²) in [6.45, 7) is 3.63. The van der Waals surface area contributed by atoms with Gasteiger partial charge in [-0.1, -0.05) is 12.1 Å². The Morgan fingerprint density at radius 2 is 2.30 bits per heavy atom. The molecule has 6 nitrogen and oxygen atoms in total. The monoisotopic (exact) mass is 293 g/mol. The van der Waals surface area contributed by atoms with Crippen LogP contribution in [-0.2, 0) is 17.6 Å². The summed E-state index contributed by atoms with van der Waals surface area (Å²) >= 11 is 1.51. The van der Waals surface area contributed by atoms with Gasteiger partial charge >= 0.3 is 5.97 Å². The summed E-state index contributed by atoms with van der Waals surface area (Å²) in [6.07, 6.45) is 2.87. The van der Waals surface area contributed by atoms with E-state index in [0.717, 1.165) is 29.5 Å². The molecule has 0 spiro atoms. The molecule has 0 amide bonds. The number of hydrogen-bond acceptors (Lipinski definition) is 5. The molecule has 20 heavy (non-hydrogen) atoms. The molecule has 0 unspecified atom stereocenters. The maximum absolute atomic E-state index is 12.5. The van der Waals surface area contributed by atoms with Gasteiger partial charge in [-0.15, -0.1) is 16.4 Å². The fourth-order valence-corrected chi connectivity index (χ4v) is 3.95. The summed E-state index contributed by atoms with van der Waals surface area (Å²) in [5.74, 6) is -0.470. The predicted molar refractivity (Wildman–Crippen MR) is 75.2 cm³/mol. The standard InChI is InChI=1S/C13H15N3O3S/c1-6-3-4-8-9(5-6)20-11-10(8)12(17)16(15-14-11)7(2)13(18)19/h6-7H,3-5H2,1-2H3,(H,18,19)/t6-,7-/m1/s1. The van der Waals surface area contributed by atoms with Crippen molar-refractivity contribution in [2.24, 2.45) is 5.92 Å². The molecule has 0 saturated heterocycles. The van der Waals surface area contributed by atoms with Gasteiger partial charge in [-0.05, 0) is 37.7 Å². The smallest absolute Gasteiger partial charge is 0.328 e. The fourth-order valence-electron chi connectivity index (χ4n) is 2.63. The van der Waals surface area contributed by atoms with Gasteiger partial charge in [-0.2, -0.15) is 4.68 Å². The number of nitrogens with zero attached hydrogens (tertiary/aromatic N) is 3. The number of carboxylic acid groups (broad SMARTS) is 1. The van der Waals surface area contributed by atoms with Crippen LogP contribution in [0.2, 0.25) is 0 Å². The van der Waals surface area contributed by atoms with Gasteiger partial charge in [-0.25, -0.2) is 4.79 Å². The summed E-state index contributed by atoms with van der Waals surface area (Å²) in [5, 5.41) is 17.4. The van der Waals surface area contributed by atoms with Gasteiger partial charge < -0.3 is 5.11 Å². The molecule has 0 fully saturated rings. The number of fused-ring (bicyclic) bond motifs is 3. The van der Waals surface area contributed by atoms with Crippen LogP contribution in [0.5, 0.6) is 0 Å². The van der Waals surface area contributed by atoms with Gasteiger partial charge in [0.05, 0.1) is 5.39 Å². The molecule has 0 radical (unpaired) electrons. The van der Waals surface area contributed by atoms with Crippen molar-refractivity contribution in [1.82, 2.24) is 15.0 Å². The van der Waals surface area contributed by atoms with Gasteiger partial charge in [0.25, 0.3) is 5.56 Å². The predicted octanol–water partition coefficient (Wildman–Crippen LogP) is 1.62. The van der Waals surface area contributed by atoms with Gasteiger partial charge in [0.15, 0.2) is 10.9 Å². The lowest BCUT2D eigenvalue weighted by Crippen LogP contribution is -2.31. The Balaban J connectivity index is 2.23. The van der Waals surface area contributed by atoms with E-state index in [9.17, 15) is 9.59 Å². The number of rotatable bonds is 2. The fraction of sp³-hybridized carbons (Fsp3) is 0.538. The third-order valence-electron chi connectivity index (χ3n) is 3.87. The topological polar surface area (TPSA) is 85.1 Å². The zero-order valence-electron chi connectivity index (χ0n) is 11.3. The van der Waals surface area contributed by atoms with E-state index in [1.165, 1.54) is 23.1 Å². The van der Waals surface area contributed by atoms with Crippen molar-refractivity contribution in [2.75, 3.05) is 0 Å². The van der Waals surface area contributed by atoms with Crippen molar-refractivity contribution in [3.63, 3.8) is 0 Å². The van der Waals surface area contributed by atoms with E-state index in [1.54, 1.807) is 0 Å². The van der Waals surface area contributed by atoms with E-state index in [-0.39, 0.29) is 5.56 Å². The minimum Gasteiger partial charge on any atom is -0.480 e. The van der Waals surface area contributed by atoms with Crippen molar-refractivity contribution in [2.45, 2.75) is 39.2 Å². The first-order valence-corrected chi connectivity index (χ1v) is 7.43. The molecule has 1 aliphatic carbocycles. The minimum absolute atomic E-state index is 0.336. The molecule has 0 bridgehead atoms. The van der Waals surface area contributed by atoms with Crippen molar-refractivity contribution in [1.29, 1.82) is 0 Å². The number of carbonyl (C=O) groups is 1. The van der Waals surface area contributed by atoms with Crippen LogP contribution < -0.4 is 5.56 Å². The van der Waals surface area contributed by atoms with Gasteiger partial charge in [-0.3, -0.25) is 4.79 Å². The van der Waals surface area contributed by atoms with E-state index >= 15 is 0 Å². The van der Waals surface area contributed by atoms with E-state index in [0.29, 0.717) is 16.1 Å². The summed E-state index contributed by atoms with van der Waals surface area (Å²) in [6, 6.07) is -1.00. The second-order valence-corrected chi connectivity index (χ2v) is 6.47. The average molecular weight is 293 g/mol. The Bertz CT molecular complexity index is 749. The van der Waals surface area contributed by atoms with E-state index in [4.69, 9.17) is 5.11 Å². The summed E-state index contributed by atoms with van der Waals surface area (Å²) < 4.78 is 0.968. The Morgan fingerprint density at radius 1 is 1.55 bits per heavy atom. The van der Waals surface area contributed by atoms with Crippen LogP contribution in [0.25, 0.3) is 10.2 Å². The molecule has 0 aliphatic heterocycles. The third-order valence-corrected chi connectivity index (χ3v) is 5.01. The Hall–Kier alpha value is -1.76. The lowest BCUT2D eigenvalue weighted by Gasteiger charge is -2.17. The third kappa shape index (κ3) is 1.93. The van der Waals surface area contributed by atoms with Gasteiger partial charge in [0, 0.05) is 4.88 Å². The number of carboxylic acids is 1. The molecule has 3 rings (SSSR count). The average Bonchev–Trinajstić information content (AvgIpc) is 2.76. The molecule has 0 aromatic carbocycles. The normalized spacial score (nSPS) is 19.8. The lowest BCUT2D eigenvalue weighted by molar-refractivity contribution is -0.140. The first kappa shape index (κ1) is 13.2. The zero-order valence-corrected chi connectivity index (χ0v) is 12.1. The quantitative estimate of drug-likeness (QED) is 0.909. The maximum Gasteiger partial charge on any atom is 0.328 e. The first-order chi connectivity index (χ1) is 9.49. The highest BCUT2D eigenvalue weighted by atomic mass is 32.1. The van der Waals surface area contributed by atoms with E-state index in [1.807, 2.05) is 0 Å². The number of aliphatic carboxylic acids is 1. The van der Waals surface area contributed by atoms with Crippen LogP contribution in [0.3, 0.4) is 0 Å². The Labute approximate surface area is 119 Å². The van der Waals surface area contributed by atoms with Crippen molar-refractivity contribution in [3.05, 3.63) is 20.8 Å². The second-order valence-electron chi connectivity index (χ2n) is 5.39. The SMILES string of the molecule is C[C@@H]1CCc2c(sc3nnn([C@H](C)C(=O)O)c(=O)c23)C1. The molecule has 2 aromatic heterocycles. The number of thiophene rings is 1. The maximum atomic E-state index is 12.5. The molecule has 2 heterocycles. The van der Waals surface area contributed by atoms with E-state index in [2.05, 4.69) is 17.2 Å². The van der Waals surface area contributed by atoms with Gasteiger partial charge in [0.1, 0.15) is 0 Å². The summed E-state index contributed by atoms with van der Waals surface area (Å²) in [7, 11) is 0. The van der Waals surface area contributed by atoms with Crippen LogP contribution in [-0.4, -0.2) is 26.1 Å². The molecular weight excluding hydrogens is 278 g/mol. The van der Waals surface area contributed by atoms with Crippen molar-refractivity contribution in [3.8, 4) is 0 Å². The first-order valence-electron chi connectivity index (χ1n) is 6.61. The highest BCUT2D eigenvalue weighted by Gasteiger charge is 2.25. The molecule has 1 aliphatic rings. The molecule has 2 atom stereocenters. The van der Waals surface area contributed by atoms with Crippen LogP contribution in [0, 0.1) is 5.92 Å². The Kier molecular flexibility index (Phi) is 3.08. The highest BCUT2D eigenvalue weighted by Crippen LogP contribution is 2.35. The number of aromatic nitrogens is 3. The number of hydrogen-bond donors (Lipinski definition) is 1. The zero-order chi connectivity index (χ0) is 14.4. The van der Waals surface area contributed by atoms with Crippen molar-refractivity contribution >= 4 is 27.5 Å². The highest BCUT2D eigenvalue weighted by molar-refractivity contribution is 7.18. The Morgan fingerprint density at radius 3 is 3.00 bits per heavy atom. The van der Waals surface area contributed by atoms with Gasteiger partial charge in [0.2, 0.25) is 0 Å². The molecule has 2 aromatic rings. The van der Waals surface area contributed by atoms with E-state index < -0.39 is 12.0 Å². The van der Waals surface area contributed by atoms with Crippen LogP contribution in [0.15, 0.2) is 4.79 Å². The minimum atomic E-state index is -1.08. The molecule has 106 valence electrons. The molecule has 1 N–H and O–H groups in total. The summed E-state index contributed by atoms with van der Waals surface area (Å²) in [4.78, 5) is 25.4.